The highest BCUT2D eigenvalue weighted by atomic mass is 16.1. The molecule has 1 N–H and O–H groups in total. The predicted molar refractivity (Wildman–Crippen MR) is 64.8 cm³/mol. The van der Waals surface area contributed by atoms with E-state index in [4.69, 9.17) is 0 Å². The van der Waals surface area contributed by atoms with Crippen LogP contribution < -0.4 is 5.32 Å². The van der Waals surface area contributed by atoms with E-state index in [1.165, 1.54) is 0 Å². The van der Waals surface area contributed by atoms with Crippen molar-refractivity contribution in [2.45, 2.75) is 13.8 Å². The molecule has 0 aliphatic rings. The molecule has 0 aromatic carbocycles. The van der Waals surface area contributed by atoms with Gasteiger partial charge >= 0.3 is 0 Å². The van der Waals surface area contributed by atoms with Gasteiger partial charge in [-0.05, 0) is 12.1 Å². The first-order valence-corrected chi connectivity index (χ1v) is 5.43. The predicted octanol–water partition coefficient (Wildman–Crippen LogP) is 1.86. The monoisotopic (exact) mass is 230 g/mol. The summed E-state index contributed by atoms with van der Waals surface area (Å²) in [6.45, 7) is 3.70. The van der Waals surface area contributed by atoms with E-state index in [-0.39, 0.29) is 11.8 Å². The molecule has 0 aliphatic heterocycles. The number of carbonyl (C=O) groups excluding carboxylic acids is 1. The zero-order chi connectivity index (χ0) is 12.3. The van der Waals surface area contributed by atoms with E-state index in [1.807, 2.05) is 26.0 Å². The summed E-state index contributed by atoms with van der Waals surface area (Å²) < 4.78 is 1.67. The first-order valence-electron chi connectivity index (χ1n) is 5.43. The number of amides is 1. The van der Waals surface area contributed by atoms with Crippen molar-refractivity contribution in [3.63, 3.8) is 0 Å². The summed E-state index contributed by atoms with van der Waals surface area (Å²) in [4.78, 5) is 15.5. The summed E-state index contributed by atoms with van der Waals surface area (Å²) >= 11 is 0. The van der Waals surface area contributed by atoms with Crippen LogP contribution in [0, 0.1) is 5.92 Å². The molecule has 0 aliphatic carbocycles. The van der Waals surface area contributed by atoms with Crippen LogP contribution in [-0.2, 0) is 4.79 Å². The lowest BCUT2D eigenvalue weighted by molar-refractivity contribution is -0.118. The number of hydrogen-bond donors (Lipinski definition) is 1. The molecule has 0 unspecified atom stereocenters. The molecule has 0 fully saturated rings. The van der Waals surface area contributed by atoms with E-state index >= 15 is 0 Å². The molecule has 2 aromatic rings. The van der Waals surface area contributed by atoms with Crippen LogP contribution in [0.5, 0.6) is 0 Å². The van der Waals surface area contributed by atoms with Gasteiger partial charge in [-0.25, -0.2) is 4.68 Å². The summed E-state index contributed by atoms with van der Waals surface area (Å²) in [6, 6.07) is 3.73. The lowest BCUT2D eigenvalue weighted by Crippen LogP contribution is -2.17. The van der Waals surface area contributed by atoms with Crippen molar-refractivity contribution in [1.82, 2.24) is 14.8 Å². The van der Waals surface area contributed by atoms with Gasteiger partial charge in [-0.2, -0.15) is 5.10 Å². The Hall–Kier alpha value is -2.17. The molecule has 2 aromatic heterocycles. The third-order valence-corrected chi connectivity index (χ3v) is 2.28. The number of aromatic nitrogens is 3. The van der Waals surface area contributed by atoms with Gasteiger partial charge < -0.3 is 5.32 Å². The Morgan fingerprint density at radius 3 is 2.88 bits per heavy atom. The fourth-order valence-electron chi connectivity index (χ4n) is 1.30. The van der Waals surface area contributed by atoms with Crippen molar-refractivity contribution in [2.75, 3.05) is 5.32 Å². The van der Waals surface area contributed by atoms with Crippen LogP contribution in [-0.4, -0.2) is 20.7 Å². The second kappa shape index (κ2) is 4.78. The fourth-order valence-corrected chi connectivity index (χ4v) is 1.30. The van der Waals surface area contributed by atoms with E-state index in [1.54, 1.807) is 29.5 Å². The molecule has 5 nitrogen and oxygen atoms in total. The van der Waals surface area contributed by atoms with E-state index in [0.29, 0.717) is 5.69 Å². The third-order valence-electron chi connectivity index (χ3n) is 2.28. The van der Waals surface area contributed by atoms with Crippen LogP contribution in [0.25, 0.3) is 5.69 Å². The maximum absolute atomic E-state index is 11.5. The molecular formula is C12H14N4O. The topological polar surface area (TPSA) is 59.8 Å². The van der Waals surface area contributed by atoms with Crippen molar-refractivity contribution in [1.29, 1.82) is 0 Å². The molecule has 2 rings (SSSR count). The Bertz CT molecular complexity index is 504. The molecule has 0 atom stereocenters. The average molecular weight is 230 g/mol. The minimum absolute atomic E-state index is 0.0178. The molecule has 17 heavy (non-hydrogen) atoms. The van der Waals surface area contributed by atoms with Gasteiger partial charge in [-0.1, -0.05) is 13.8 Å². The zero-order valence-electron chi connectivity index (χ0n) is 9.79. The molecule has 0 spiro atoms. The Kier molecular flexibility index (Phi) is 3.18. The largest absolute Gasteiger partial charge is 0.323 e. The minimum Gasteiger partial charge on any atom is -0.323 e. The van der Waals surface area contributed by atoms with Crippen LogP contribution in [0.2, 0.25) is 0 Å². The Morgan fingerprint density at radius 2 is 2.24 bits per heavy atom. The van der Waals surface area contributed by atoms with Crippen molar-refractivity contribution < 1.29 is 4.79 Å². The summed E-state index contributed by atoms with van der Waals surface area (Å²) in [7, 11) is 0. The number of carbonyl (C=O) groups is 1. The highest BCUT2D eigenvalue weighted by molar-refractivity contribution is 5.91. The molecule has 2 heterocycles. The summed E-state index contributed by atoms with van der Waals surface area (Å²) in [5.74, 6) is -0.0625. The number of anilines is 1. The quantitative estimate of drug-likeness (QED) is 0.875. The van der Waals surface area contributed by atoms with Gasteiger partial charge in [0.25, 0.3) is 0 Å². The van der Waals surface area contributed by atoms with E-state index < -0.39 is 0 Å². The summed E-state index contributed by atoms with van der Waals surface area (Å²) in [6.07, 6.45) is 6.79. The second-order valence-electron chi connectivity index (χ2n) is 4.03. The Morgan fingerprint density at radius 1 is 1.41 bits per heavy atom. The van der Waals surface area contributed by atoms with Gasteiger partial charge in [0.1, 0.15) is 0 Å². The Labute approximate surface area is 99.5 Å². The number of pyridine rings is 1. The number of rotatable bonds is 3. The molecule has 5 heteroatoms. The van der Waals surface area contributed by atoms with Crippen molar-refractivity contribution in [2.24, 2.45) is 5.92 Å². The van der Waals surface area contributed by atoms with Gasteiger partial charge in [0.15, 0.2) is 0 Å². The molecular weight excluding hydrogens is 216 g/mol. The van der Waals surface area contributed by atoms with Gasteiger partial charge in [0.2, 0.25) is 5.91 Å². The minimum atomic E-state index is -0.0447. The average Bonchev–Trinajstić information content (AvgIpc) is 2.78. The van der Waals surface area contributed by atoms with Crippen LogP contribution in [0.3, 0.4) is 0 Å². The van der Waals surface area contributed by atoms with Gasteiger partial charge in [-0.15, -0.1) is 0 Å². The molecule has 0 bridgehead atoms. The zero-order valence-corrected chi connectivity index (χ0v) is 9.79. The van der Waals surface area contributed by atoms with Gasteiger partial charge in [0.05, 0.1) is 30.0 Å². The maximum atomic E-state index is 11.5. The standard InChI is InChI=1S/C12H14N4O/c1-9(2)12(17)15-10-6-14-16(8-10)11-4-3-5-13-7-11/h3-9H,1-2H3,(H,15,17). The number of hydrogen-bond acceptors (Lipinski definition) is 3. The van der Waals surface area contributed by atoms with E-state index in [2.05, 4.69) is 15.4 Å². The molecule has 1 amide bonds. The van der Waals surface area contributed by atoms with Crippen LogP contribution in [0.4, 0.5) is 5.69 Å². The van der Waals surface area contributed by atoms with Crippen LogP contribution in [0.15, 0.2) is 36.9 Å². The lowest BCUT2D eigenvalue weighted by Gasteiger charge is -2.04. The van der Waals surface area contributed by atoms with Crippen molar-refractivity contribution in [3.05, 3.63) is 36.9 Å². The summed E-state index contributed by atoms with van der Waals surface area (Å²) in [5.41, 5.74) is 1.55. The normalized spacial score (nSPS) is 10.5. The number of nitrogens with zero attached hydrogens (tertiary/aromatic N) is 3. The first kappa shape index (κ1) is 11.3. The third kappa shape index (κ3) is 2.69. The SMILES string of the molecule is CC(C)C(=O)Nc1cnn(-c2cccnc2)c1. The van der Waals surface area contributed by atoms with Gasteiger partial charge in [0, 0.05) is 12.1 Å². The Balaban J connectivity index is 2.14. The maximum Gasteiger partial charge on any atom is 0.227 e. The summed E-state index contributed by atoms with van der Waals surface area (Å²) in [5, 5.41) is 6.95. The fraction of sp³-hybridized carbons (Fsp3) is 0.250. The van der Waals surface area contributed by atoms with Crippen molar-refractivity contribution >= 4 is 11.6 Å². The van der Waals surface area contributed by atoms with Crippen molar-refractivity contribution in [3.8, 4) is 5.69 Å². The lowest BCUT2D eigenvalue weighted by atomic mass is 10.2. The molecule has 0 saturated heterocycles. The van der Waals surface area contributed by atoms with Crippen LogP contribution >= 0.6 is 0 Å². The molecule has 88 valence electrons. The molecule has 0 saturated carbocycles. The van der Waals surface area contributed by atoms with Crippen LogP contribution in [0.1, 0.15) is 13.8 Å². The highest BCUT2D eigenvalue weighted by Crippen LogP contribution is 2.11. The van der Waals surface area contributed by atoms with E-state index in [0.717, 1.165) is 5.69 Å². The van der Waals surface area contributed by atoms with E-state index in [9.17, 15) is 4.79 Å². The highest BCUT2D eigenvalue weighted by Gasteiger charge is 2.08. The smallest absolute Gasteiger partial charge is 0.227 e. The molecule has 0 radical (unpaired) electrons. The first-order chi connectivity index (χ1) is 8.16. The second-order valence-corrected chi connectivity index (χ2v) is 4.03. The van der Waals surface area contributed by atoms with Gasteiger partial charge in [-0.3, -0.25) is 9.78 Å². The number of nitrogens with one attached hydrogen (secondary N) is 1.